The summed E-state index contributed by atoms with van der Waals surface area (Å²) in [6, 6.07) is 5.19. The van der Waals surface area contributed by atoms with Crippen molar-refractivity contribution in [2.75, 3.05) is 12.8 Å². The van der Waals surface area contributed by atoms with Crippen LogP contribution in [0.4, 0.5) is 5.95 Å². The highest BCUT2D eigenvalue weighted by molar-refractivity contribution is 7.71. The number of nitrogens with two attached hydrogens (primary N) is 1. The lowest BCUT2D eigenvalue weighted by Gasteiger charge is -2.08. The molecule has 17 heavy (non-hydrogen) atoms. The number of nitrogens with zero attached hydrogens (tertiary/aromatic N) is 2. The van der Waals surface area contributed by atoms with Gasteiger partial charge in [0.05, 0.1) is 12.7 Å². The molecule has 5 nitrogen and oxygen atoms in total. The van der Waals surface area contributed by atoms with Crippen LogP contribution < -0.4 is 10.5 Å². The Bertz CT molecular complexity index is 613. The number of hydrogen-bond donors (Lipinski definition) is 2. The molecule has 0 fully saturated rings. The van der Waals surface area contributed by atoms with Crippen LogP contribution in [0.25, 0.3) is 11.4 Å². The van der Waals surface area contributed by atoms with Crippen LogP contribution in [0.15, 0.2) is 18.2 Å². The number of methoxy groups -OCH3 is 1. The fraction of sp³-hybridized carbons (Fsp3) is 0.100. The number of anilines is 1. The molecule has 0 unspecified atom stereocenters. The van der Waals surface area contributed by atoms with E-state index in [1.54, 1.807) is 25.3 Å². The highest BCUT2D eigenvalue weighted by atomic mass is 35.5. The number of halogens is 1. The van der Waals surface area contributed by atoms with Crippen LogP contribution in [-0.4, -0.2) is 22.1 Å². The van der Waals surface area contributed by atoms with E-state index in [0.29, 0.717) is 16.6 Å². The topological polar surface area (TPSA) is 76.8 Å². The third-order valence-electron chi connectivity index (χ3n) is 2.09. The van der Waals surface area contributed by atoms with Gasteiger partial charge in [-0.15, -0.1) is 0 Å². The summed E-state index contributed by atoms with van der Waals surface area (Å²) >= 11 is 10.8. The Morgan fingerprint density at radius 1 is 1.41 bits per heavy atom. The monoisotopic (exact) mass is 268 g/mol. The smallest absolute Gasteiger partial charge is 0.224 e. The molecule has 0 spiro atoms. The molecule has 3 N–H and O–H groups in total. The molecule has 0 saturated carbocycles. The number of nitrogens with one attached hydrogen (secondary N) is 1. The molecular formula is C10H9ClN4OS. The molecule has 1 heterocycles. The minimum atomic E-state index is 0.174. The largest absolute Gasteiger partial charge is 0.496 e. The van der Waals surface area contributed by atoms with E-state index in [1.165, 1.54) is 0 Å². The van der Waals surface area contributed by atoms with Crippen molar-refractivity contribution in [1.29, 1.82) is 0 Å². The Morgan fingerprint density at radius 2 is 2.18 bits per heavy atom. The lowest BCUT2D eigenvalue weighted by molar-refractivity contribution is 0.416. The Morgan fingerprint density at radius 3 is 2.82 bits per heavy atom. The summed E-state index contributed by atoms with van der Waals surface area (Å²) in [5, 5.41) is 0.575. The zero-order valence-corrected chi connectivity index (χ0v) is 10.5. The molecule has 0 aliphatic rings. The normalized spacial score (nSPS) is 10.2. The maximum absolute atomic E-state index is 5.88. The number of ether oxygens (including phenoxy) is 1. The molecule has 0 amide bonds. The molecule has 0 radical (unpaired) electrons. The van der Waals surface area contributed by atoms with Crippen LogP contribution in [0.2, 0.25) is 5.02 Å². The molecule has 2 rings (SSSR count). The Balaban J connectivity index is 2.63. The second-order valence-electron chi connectivity index (χ2n) is 3.21. The summed E-state index contributed by atoms with van der Waals surface area (Å²) < 4.78 is 5.39. The van der Waals surface area contributed by atoms with Gasteiger partial charge in [-0.25, -0.2) is 4.98 Å². The summed E-state index contributed by atoms with van der Waals surface area (Å²) in [6.07, 6.45) is 0. The fourth-order valence-corrected chi connectivity index (χ4v) is 1.74. The minimum absolute atomic E-state index is 0.174. The lowest BCUT2D eigenvalue weighted by Crippen LogP contribution is -2.00. The van der Waals surface area contributed by atoms with Crippen LogP contribution in [0.5, 0.6) is 5.75 Å². The summed E-state index contributed by atoms with van der Waals surface area (Å²) in [5.74, 6) is 1.29. The zero-order valence-electron chi connectivity index (χ0n) is 8.90. The molecule has 7 heteroatoms. The van der Waals surface area contributed by atoms with Crippen molar-refractivity contribution in [2.24, 2.45) is 0 Å². The summed E-state index contributed by atoms with van der Waals surface area (Å²) in [5.41, 5.74) is 6.30. The van der Waals surface area contributed by atoms with Crippen LogP contribution in [-0.2, 0) is 0 Å². The highest BCUT2D eigenvalue weighted by Crippen LogP contribution is 2.30. The first kappa shape index (κ1) is 11.8. The number of H-pyrrole nitrogens is 1. The van der Waals surface area contributed by atoms with E-state index in [-0.39, 0.29) is 10.7 Å². The van der Waals surface area contributed by atoms with Crippen molar-refractivity contribution in [1.82, 2.24) is 15.0 Å². The number of aromatic amines is 1. The predicted octanol–water partition coefficient (Wildman–Crippen LogP) is 2.45. The minimum Gasteiger partial charge on any atom is -0.496 e. The average molecular weight is 269 g/mol. The molecule has 0 aliphatic carbocycles. The van der Waals surface area contributed by atoms with E-state index >= 15 is 0 Å². The van der Waals surface area contributed by atoms with Crippen LogP contribution in [0.3, 0.4) is 0 Å². The Hall–Kier alpha value is -1.66. The van der Waals surface area contributed by atoms with E-state index in [9.17, 15) is 0 Å². The number of nitrogen functional groups attached to an aromatic ring is 1. The van der Waals surface area contributed by atoms with E-state index in [0.717, 1.165) is 5.56 Å². The van der Waals surface area contributed by atoms with Crippen molar-refractivity contribution in [3.63, 3.8) is 0 Å². The molecule has 0 saturated heterocycles. The molecule has 1 aromatic carbocycles. The van der Waals surface area contributed by atoms with Gasteiger partial charge in [-0.1, -0.05) is 11.6 Å². The van der Waals surface area contributed by atoms with Crippen molar-refractivity contribution in [3.05, 3.63) is 28.0 Å². The van der Waals surface area contributed by atoms with Gasteiger partial charge in [0.25, 0.3) is 0 Å². The van der Waals surface area contributed by atoms with Gasteiger partial charge < -0.3 is 15.5 Å². The Labute approximate surface area is 108 Å². The average Bonchev–Trinajstić information content (AvgIpc) is 2.27. The molecule has 88 valence electrons. The van der Waals surface area contributed by atoms with Gasteiger partial charge in [-0.05, 0) is 30.4 Å². The van der Waals surface area contributed by atoms with Gasteiger partial charge in [0.2, 0.25) is 10.7 Å². The molecule has 0 bridgehead atoms. The maximum Gasteiger partial charge on any atom is 0.224 e. The number of hydrogen-bond acceptors (Lipinski definition) is 5. The van der Waals surface area contributed by atoms with E-state index < -0.39 is 0 Å². The maximum atomic E-state index is 5.88. The van der Waals surface area contributed by atoms with Gasteiger partial charge >= 0.3 is 0 Å². The van der Waals surface area contributed by atoms with Crippen molar-refractivity contribution in [2.45, 2.75) is 0 Å². The van der Waals surface area contributed by atoms with E-state index in [1.807, 2.05) is 0 Å². The number of rotatable bonds is 2. The third-order valence-corrected chi connectivity index (χ3v) is 2.51. The quantitative estimate of drug-likeness (QED) is 0.818. The Kier molecular flexibility index (Phi) is 3.26. The zero-order chi connectivity index (χ0) is 12.4. The first-order valence-electron chi connectivity index (χ1n) is 4.68. The van der Waals surface area contributed by atoms with Gasteiger partial charge in [0, 0.05) is 5.02 Å². The SMILES string of the molecule is COc1cc(Cl)ccc1-c1nc(=S)nc(N)[nH]1. The summed E-state index contributed by atoms with van der Waals surface area (Å²) in [7, 11) is 1.55. The first-order chi connectivity index (χ1) is 8.10. The highest BCUT2D eigenvalue weighted by Gasteiger charge is 2.09. The van der Waals surface area contributed by atoms with Gasteiger partial charge in [-0.3, -0.25) is 0 Å². The van der Waals surface area contributed by atoms with Crippen molar-refractivity contribution in [3.8, 4) is 17.1 Å². The predicted molar refractivity (Wildman–Crippen MR) is 68.6 cm³/mol. The van der Waals surface area contributed by atoms with E-state index in [4.69, 9.17) is 34.3 Å². The van der Waals surface area contributed by atoms with Crippen molar-refractivity contribution >= 4 is 29.8 Å². The molecule has 0 atom stereocenters. The van der Waals surface area contributed by atoms with E-state index in [2.05, 4.69) is 15.0 Å². The fourth-order valence-electron chi connectivity index (χ4n) is 1.39. The van der Waals surface area contributed by atoms with Crippen molar-refractivity contribution < 1.29 is 4.74 Å². The van der Waals surface area contributed by atoms with Crippen LogP contribution >= 0.6 is 23.8 Å². The molecule has 0 aliphatic heterocycles. The first-order valence-corrected chi connectivity index (χ1v) is 5.46. The molecular weight excluding hydrogens is 260 g/mol. The number of aromatic nitrogens is 3. The second kappa shape index (κ2) is 4.68. The van der Waals surface area contributed by atoms with Crippen LogP contribution in [0, 0.1) is 4.77 Å². The lowest BCUT2D eigenvalue weighted by atomic mass is 10.2. The summed E-state index contributed by atoms with van der Waals surface area (Å²) in [6.45, 7) is 0. The van der Waals surface area contributed by atoms with Gasteiger partial charge in [0.15, 0.2) is 0 Å². The van der Waals surface area contributed by atoms with Gasteiger partial charge in [0.1, 0.15) is 11.6 Å². The summed E-state index contributed by atoms with van der Waals surface area (Å²) in [4.78, 5) is 10.7. The number of benzene rings is 1. The van der Waals surface area contributed by atoms with Crippen LogP contribution in [0.1, 0.15) is 0 Å². The molecule has 2 aromatic rings. The third kappa shape index (κ3) is 2.54. The standard InChI is InChI=1S/C10H9ClN4OS/c1-16-7-4-5(11)2-3-6(7)8-13-9(12)15-10(17)14-8/h2-4H,1H3,(H3,12,13,14,15,17). The second-order valence-corrected chi connectivity index (χ2v) is 4.01. The van der Waals surface area contributed by atoms with Gasteiger partial charge in [-0.2, -0.15) is 4.98 Å². The molecule has 1 aromatic heterocycles.